The minimum absolute atomic E-state index is 0.111. The second kappa shape index (κ2) is 14.0. The number of nitrogens with one attached hydrogen (secondary N) is 2. The summed E-state index contributed by atoms with van der Waals surface area (Å²) in [5.74, 6) is 0.165. The third-order valence-electron chi connectivity index (χ3n) is 7.54. The zero-order valence-electron chi connectivity index (χ0n) is 24.5. The topological polar surface area (TPSA) is 67.4 Å². The minimum atomic E-state index is -0.432. The van der Waals surface area contributed by atoms with E-state index >= 15 is 0 Å². The predicted octanol–water partition coefficient (Wildman–Crippen LogP) is 9.02. The molecule has 0 saturated heterocycles. The quantitative estimate of drug-likeness (QED) is 0.168. The summed E-state index contributed by atoms with van der Waals surface area (Å²) in [6, 6.07) is 53.6. The lowest BCUT2D eigenvalue weighted by Gasteiger charge is -2.18. The minimum Gasteiger partial charge on any atom is -0.457 e. The summed E-state index contributed by atoms with van der Waals surface area (Å²) in [4.78, 5) is 26.9. The number of carbonyl (C=O) groups excluding carboxylic acids is 2. The Hall–Kier alpha value is -5.94. The SMILES string of the molecule is O=C(Nc1ccc(Oc2ccc(NC(=O)C(c3ccccc3)c3ccccc3)cc2)cc1)C(c1ccccc1)c1ccccc1. The van der Waals surface area contributed by atoms with E-state index in [9.17, 15) is 9.59 Å². The molecule has 5 nitrogen and oxygen atoms in total. The smallest absolute Gasteiger partial charge is 0.236 e. The average molecular weight is 589 g/mol. The van der Waals surface area contributed by atoms with Gasteiger partial charge >= 0.3 is 0 Å². The highest BCUT2D eigenvalue weighted by atomic mass is 16.5. The lowest BCUT2D eigenvalue weighted by Crippen LogP contribution is -2.22. The fourth-order valence-electron chi connectivity index (χ4n) is 5.35. The number of amides is 2. The lowest BCUT2D eigenvalue weighted by molar-refractivity contribution is -0.117. The molecule has 6 aromatic rings. The molecule has 0 saturated carbocycles. The number of hydrogen-bond acceptors (Lipinski definition) is 3. The van der Waals surface area contributed by atoms with Crippen LogP contribution in [-0.4, -0.2) is 11.8 Å². The van der Waals surface area contributed by atoms with Crippen LogP contribution in [0.2, 0.25) is 0 Å². The summed E-state index contributed by atoms with van der Waals surface area (Å²) in [6.45, 7) is 0. The Morgan fingerprint density at radius 3 is 0.911 bits per heavy atom. The van der Waals surface area contributed by atoms with Gasteiger partial charge < -0.3 is 15.4 Å². The molecule has 6 rings (SSSR count). The normalized spacial score (nSPS) is 10.8. The molecule has 5 heteroatoms. The van der Waals surface area contributed by atoms with E-state index in [0.29, 0.717) is 22.9 Å². The van der Waals surface area contributed by atoms with Gasteiger partial charge in [0.1, 0.15) is 11.5 Å². The Morgan fingerprint density at radius 1 is 0.378 bits per heavy atom. The summed E-state index contributed by atoms with van der Waals surface area (Å²) in [7, 11) is 0. The maximum Gasteiger partial charge on any atom is 0.236 e. The van der Waals surface area contributed by atoms with E-state index in [1.54, 1.807) is 0 Å². The van der Waals surface area contributed by atoms with Gasteiger partial charge in [0.05, 0.1) is 11.8 Å². The number of benzene rings is 6. The number of ether oxygens (including phenoxy) is 1. The molecule has 0 radical (unpaired) electrons. The number of rotatable bonds is 10. The van der Waals surface area contributed by atoms with Crippen LogP contribution in [-0.2, 0) is 9.59 Å². The first-order chi connectivity index (χ1) is 22.1. The Morgan fingerprint density at radius 2 is 0.644 bits per heavy atom. The molecule has 2 N–H and O–H groups in total. The number of carbonyl (C=O) groups is 2. The van der Waals surface area contributed by atoms with Gasteiger partial charge in [-0.2, -0.15) is 0 Å². The van der Waals surface area contributed by atoms with Gasteiger partial charge in [0, 0.05) is 11.4 Å². The highest BCUT2D eigenvalue weighted by Crippen LogP contribution is 2.30. The number of hydrogen-bond donors (Lipinski definition) is 2. The van der Waals surface area contributed by atoms with Crippen molar-refractivity contribution in [2.75, 3.05) is 10.6 Å². The molecule has 6 aromatic carbocycles. The molecule has 220 valence electrons. The Balaban J connectivity index is 1.10. The summed E-state index contributed by atoms with van der Waals surface area (Å²) >= 11 is 0. The van der Waals surface area contributed by atoms with Crippen LogP contribution in [0.1, 0.15) is 34.1 Å². The zero-order valence-corrected chi connectivity index (χ0v) is 24.5. The van der Waals surface area contributed by atoms with Crippen molar-refractivity contribution < 1.29 is 14.3 Å². The molecule has 0 aliphatic carbocycles. The molecule has 0 aliphatic heterocycles. The standard InChI is InChI=1S/C40H32N2O3/c43-39(37(29-13-5-1-6-14-29)30-15-7-2-8-16-30)41-33-21-25-35(26-22-33)45-36-27-23-34(24-28-36)42-40(44)38(31-17-9-3-10-18-31)32-19-11-4-12-20-32/h1-28,37-38H,(H,41,43)(H,42,44). The summed E-state index contributed by atoms with van der Waals surface area (Å²) in [5, 5.41) is 6.11. The molecule has 0 atom stereocenters. The molecule has 2 amide bonds. The van der Waals surface area contributed by atoms with E-state index < -0.39 is 11.8 Å². The van der Waals surface area contributed by atoms with Gasteiger partial charge in [-0.15, -0.1) is 0 Å². The van der Waals surface area contributed by atoms with Crippen molar-refractivity contribution in [3.05, 3.63) is 192 Å². The Bertz CT molecular complexity index is 1610. The Labute approximate surface area is 263 Å². The first-order valence-electron chi connectivity index (χ1n) is 14.8. The molecule has 0 aromatic heterocycles. The number of anilines is 2. The van der Waals surface area contributed by atoms with Gasteiger partial charge in [0.15, 0.2) is 0 Å². The maximum atomic E-state index is 13.4. The van der Waals surface area contributed by atoms with Crippen molar-refractivity contribution in [1.29, 1.82) is 0 Å². The van der Waals surface area contributed by atoms with Crippen LogP contribution in [0.15, 0.2) is 170 Å². The van der Waals surface area contributed by atoms with Crippen LogP contribution < -0.4 is 15.4 Å². The third kappa shape index (κ3) is 7.35. The highest BCUT2D eigenvalue weighted by Gasteiger charge is 2.24. The van der Waals surface area contributed by atoms with E-state index in [4.69, 9.17) is 4.74 Å². The first kappa shape index (κ1) is 29.1. The van der Waals surface area contributed by atoms with Crippen molar-refractivity contribution in [3.63, 3.8) is 0 Å². The van der Waals surface area contributed by atoms with Gasteiger partial charge in [-0.25, -0.2) is 0 Å². The Kier molecular flexibility index (Phi) is 9.08. The van der Waals surface area contributed by atoms with Crippen LogP contribution >= 0.6 is 0 Å². The average Bonchev–Trinajstić information content (AvgIpc) is 3.09. The van der Waals surface area contributed by atoms with Crippen molar-refractivity contribution in [2.24, 2.45) is 0 Å². The van der Waals surface area contributed by atoms with Crippen molar-refractivity contribution >= 4 is 23.2 Å². The first-order valence-corrected chi connectivity index (χ1v) is 14.8. The van der Waals surface area contributed by atoms with E-state index in [1.807, 2.05) is 170 Å². The third-order valence-corrected chi connectivity index (χ3v) is 7.54. The second-order valence-corrected chi connectivity index (χ2v) is 10.6. The molecule has 0 unspecified atom stereocenters. The van der Waals surface area contributed by atoms with E-state index in [0.717, 1.165) is 22.3 Å². The van der Waals surface area contributed by atoms with E-state index in [1.165, 1.54) is 0 Å². The van der Waals surface area contributed by atoms with Gasteiger partial charge in [-0.05, 0) is 70.8 Å². The molecule has 45 heavy (non-hydrogen) atoms. The van der Waals surface area contributed by atoms with Crippen LogP contribution in [0, 0.1) is 0 Å². The van der Waals surface area contributed by atoms with E-state index in [2.05, 4.69) is 10.6 Å². The molecule has 0 fully saturated rings. The molecular weight excluding hydrogens is 556 g/mol. The van der Waals surface area contributed by atoms with Crippen molar-refractivity contribution in [1.82, 2.24) is 0 Å². The van der Waals surface area contributed by atoms with Gasteiger partial charge in [-0.1, -0.05) is 121 Å². The summed E-state index contributed by atoms with van der Waals surface area (Å²) < 4.78 is 6.05. The molecule has 0 spiro atoms. The highest BCUT2D eigenvalue weighted by molar-refractivity contribution is 5.99. The van der Waals surface area contributed by atoms with Crippen LogP contribution in [0.4, 0.5) is 11.4 Å². The van der Waals surface area contributed by atoms with Crippen molar-refractivity contribution in [2.45, 2.75) is 11.8 Å². The van der Waals surface area contributed by atoms with Crippen LogP contribution in [0.25, 0.3) is 0 Å². The summed E-state index contributed by atoms with van der Waals surface area (Å²) in [6.07, 6.45) is 0. The zero-order chi connectivity index (χ0) is 30.8. The monoisotopic (exact) mass is 588 g/mol. The fraction of sp³-hybridized carbons (Fsp3) is 0.0500. The van der Waals surface area contributed by atoms with Gasteiger partial charge in [-0.3, -0.25) is 9.59 Å². The largest absolute Gasteiger partial charge is 0.457 e. The molecule has 0 bridgehead atoms. The van der Waals surface area contributed by atoms with E-state index in [-0.39, 0.29) is 11.8 Å². The molecule has 0 aliphatic rings. The lowest BCUT2D eigenvalue weighted by atomic mass is 9.90. The fourth-order valence-corrected chi connectivity index (χ4v) is 5.35. The molecular formula is C40H32N2O3. The predicted molar refractivity (Wildman–Crippen MR) is 180 cm³/mol. The van der Waals surface area contributed by atoms with Gasteiger partial charge in [0.25, 0.3) is 0 Å². The van der Waals surface area contributed by atoms with Crippen LogP contribution in [0.3, 0.4) is 0 Å². The van der Waals surface area contributed by atoms with Crippen molar-refractivity contribution in [3.8, 4) is 11.5 Å². The summed E-state index contributed by atoms with van der Waals surface area (Å²) in [5.41, 5.74) is 5.06. The maximum absolute atomic E-state index is 13.4. The second-order valence-electron chi connectivity index (χ2n) is 10.6. The molecule has 0 heterocycles. The van der Waals surface area contributed by atoms with Crippen LogP contribution in [0.5, 0.6) is 11.5 Å². The van der Waals surface area contributed by atoms with Gasteiger partial charge in [0.2, 0.25) is 11.8 Å².